The van der Waals surface area contributed by atoms with Gasteiger partial charge in [0.25, 0.3) is 0 Å². The lowest BCUT2D eigenvalue weighted by Crippen LogP contribution is -2.49. The number of rotatable bonds is 3. The largest absolute Gasteiger partial charge is 0.360 e. The minimum atomic E-state index is 0.583. The van der Waals surface area contributed by atoms with E-state index in [1.54, 1.807) is 0 Å². The molecule has 1 aliphatic heterocycles. The summed E-state index contributed by atoms with van der Waals surface area (Å²) >= 11 is 5.39. The summed E-state index contributed by atoms with van der Waals surface area (Å²) < 4.78 is 0. The highest BCUT2D eigenvalue weighted by molar-refractivity contribution is 7.80. The van der Waals surface area contributed by atoms with Crippen LogP contribution in [-0.4, -0.2) is 41.7 Å². The molecule has 0 bridgehead atoms. The molecule has 4 heteroatoms. The van der Waals surface area contributed by atoms with Gasteiger partial charge in [0.15, 0.2) is 5.11 Å². The van der Waals surface area contributed by atoms with Gasteiger partial charge in [-0.05, 0) is 44.4 Å². The van der Waals surface area contributed by atoms with Gasteiger partial charge in [-0.25, -0.2) is 0 Å². The van der Waals surface area contributed by atoms with Crippen molar-refractivity contribution in [2.45, 2.75) is 57.5 Å². The third kappa shape index (κ3) is 4.11. The van der Waals surface area contributed by atoms with Crippen molar-refractivity contribution in [3.63, 3.8) is 0 Å². The van der Waals surface area contributed by atoms with Crippen molar-refractivity contribution in [3.05, 3.63) is 0 Å². The zero-order valence-corrected chi connectivity index (χ0v) is 11.7. The first kappa shape index (κ1) is 13.1. The van der Waals surface area contributed by atoms with E-state index in [0.717, 1.165) is 5.11 Å². The van der Waals surface area contributed by atoms with Crippen LogP contribution in [0.4, 0.5) is 0 Å². The minimum Gasteiger partial charge on any atom is -0.360 e. The highest BCUT2D eigenvalue weighted by Crippen LogP contribution is 2.17. The summed E-state index contributed by atoms with van der Waals surface area (Å²) in [5, 5.41) is 7.82. The molecule has 0 radical (unpaired) electrons. The zero-order chi connectivity index (χ0) is 12.1. The van der Waals surface area contributed by atoms with Crippen LogP contribution >= 0.6 is 12.2 Å². The Morgan fingerprint density at radius 3 is 2.12 bits per heavy atom. The van der Waals surface area contributed by atoms with Crippen LogP contribution in [0.2, 0.25) is 0 Å². The zero-order valence-electron chi connectivity index (χ0n) is 10.9. The van der Waals surface area contributed by atoms with Gasteiger partial charge in [0.05, 0.1) is 0 Å². The number of piperidine rings is 1. The van der Waals surface area contributed by atoms with E-state index < -0.39 is 0 Å². The van der Waals surface area contributed by atoms with E-state index >= 15 is 0 Å². The molecule has 1 aliphatic carbocycles. The van der Waals surface area contributed by atoms with E-state index in [9.17, 15) is 0 Å². The van der Waals surface area contributed by atoms with Crippen molar-refractivity contribution >= 4 is 17.3 Å². The van der Waals surface area contributed by atoms with Crippen molar-refractivity contribution in [2.75, 3.05) is 19.6 Å². The lowest BCUT2D eigenvalue weighted by Gasteiger charge is -2.32. The van der Waals surface area contributed by atoms with Crippen molar-refractivity contribution in [1.29, 1.82) is 0 Å². The smallest absolute Gasteiger partial charge is 0.166 e. The molecule has 1 saturated carbocycles. The Bertz CT molecular complexity index is 243. The Balaban J connectivity index is 1.65. The second-order valence-electron chi connectivity index (χ2n) is 5.31. The standard InChI is InChI=1S/C13H25N3S/c1-2-16-9-7-12(8-10-16)15-13(17)14-11-5-3-4-6-11/h11-12H,2-10H2,1H3,(H2,14,15,17). The molecule has 1 saturated heterocycles. The molecule has 0 spiro atoms. The number of thiocarbonyl (C=S) groups is 1. The Labute approximate surface area is 110 Å². The average Bonchev–Trinajstić information content (AvgIpc) is 2.82. The van der Waals surface area contributed by atoms with Crippen molar-refractivity contribution in [1.82, 2.24) is 15.5 Å². The second-order valence-corrected chi connectivity index (χ2v) is 5.72. The van der Waals surface area contributed by atoms with E-state index in [2.05, 4.69) is 22.5 Å². The van der Waals surface area contributed by atoms with Gasteiger partial charge in [-0.2, -0.15) is 0 Å². The Morgan fingerprint density at radius 2 is 1.59 bits per heavy atom. The third-order valence-electron chi connectivity index (χ3n) is 4.06. The van der Waals surface area contributed by atoms with Gasteiger partial charge in [0.2, 0.25) is 0 Å². The number of hydrogen-bond donors (Lipinski definition) is 2. The maximum absolute atomic E-state index is 5.39. The molecule has 17 heavy (non-hydrogen) atoms. The van der Waals surface area contributed by atoms with Crippen LogP contribution in [0.15, 0.2) is 0 Å². The maximum atomic E-state index is 5.39. The number of likely N-dealkylation sites (tertiary alicyclic amines) is 1. The van der Waals surface area contributed by atoms with E-state index in [1.807, 2.05) is 0 Å². The van der Waals surface area contributed by atoms with Crippen LogP contribution in [0.3, 0.4) is 0 Å². The van der Waals surface area contributed by atoms with Crippen LogP contribution in [0.1, 0.15) is 45.4 Å². The normalized spacial score (nSPS) is 23.8. The summed E-state index contributed by atoms with van der Waals surface area (Å²) in [6.45, 7) is 5.83. The molecule has 98 valence electrons. The molecular formula is C13H25N3S. The Morgan fingerprint density at radius 1 is 1.06 bits per heavy atom. The van der Waals surface area contributed by atoms with Crippen LogP contribution in [0, 0.1) is 0 Å². The molecule has 0 unspecified atom stereocenters. The maximum Gasteiger partial charge on any atom is 0.166 e. The number of nitrogens with zero attached hydrogens (tertiary/aromatic N) is 1. The summed E-state index contributed by atoms with van der Waals surface area (Å²) in [4.78, 5) is 2.51. The summed E-state index contributed by atoms with van der Waals surface area (Å²) in [5.41, 5.74) is 0. The predicted molar refractivity (Wildman–Crippen MR) is 76.3 cm³/mol. The fourth-order valence-electron chi connectivity index (χ4n) is 2.88. The number of hydrogen-bond acceptors (Lipinski definition) is 2. The van der Waals surface area contributed by atoms with Gasteiger partial charge in [-0.3, -0.25) is 0 Å². The van der Waals surface area contributed by atoms with Gasteiger partial charge < -0.3 is 15.5 Å². The van der Waals surface area contributed by atoms with Crippen LogP contribution in [0.5, 0.6) is 0 Å². The van der Waals surface area contributed by atoms with E-state index in [-0.39, 0.29) is 0 Å². The van der Waals surface area contributed by atoms with Gasteiger partial charge in [-0.15, -0.1) is 0 Å². The SMILES string of the molecule is CCN1CCC(NC(=S)NC2CCCC2)CC1. The topological polar surface area (TPSA) is 27.3 Å². The monoisotopic (exact) mass is 255 g/mol. The summed E-state index contributed by atoms with van der Waals surface area (Å²) in [6, 6.07) is 1.21. The molecule has 0 aromatic carbocycles. The van der Waals surface area contributed by atoms with Gasteiger partial charge in [0, 0.05) is 25.2 Å². The molecule has 2 N–H and O–H groups in total. The fourth-order valence-corrected chi connectivity index (χ4v) is 3.21. The Kier molecular flexibility index (Phi) is 5.04. The molecule has 2 fully saturated rings. The third-order valence-corrected chi connectivity index (χ3v) is 4.30. The first-order chi connectivity index (χ1) is 8.28. The lowest BCUT2D eigenvalue weighted by atomic mass is 10.1. The van der Waals surface area contributed by atoms with Crippen LogP contribution in [0.25, 0.3) is 0 Å². The number of nitrogens with one attached hydrogen (secondary N) is 2. The molecule has 0 atom stereocenters. The molecule has 2 aliphatic rings. The van der Waals surface area contributed by atoms with Gasteiger partial charge >= 0.3 is 0 Å². The van der Waals surface area contributed by atoms with Crippen molar-refractivity contribution in [3.8, 4) is 0 Å². The molecule has 2 rings (SSSR count). The van der Waals surface area contributed by atoms with Crippen LogP contribution < -0.4 is 10.6 Å². The van der Waals surface area contributed by atoms with Crippen LogP contribution in [-0.2, 0) is 0 Å². The average molecular weight is 255 g/mol. The van der Waals surface area contributed by atoms with E-state index in [1.165, 1.54) is 58.2 Å². The molecule has 0 amide bonds. The van der Waals surface area contributed by atoms with Crippen molar-refractivity contribution in [2.24, 2.45) is 0 Å². The quantitative estimate of drug-likeness (QED) is 0.753. The first-order valence-corrected chi connectivity index (χ1v) is 7.48. The highest BCUT2D eigenvalue weighted by Gasteiger charge is 2.20. The Hall–Kier alpha value is -0.350. The fraction of sp³-hybridized carbons (Fsp3) is 0.923. The van der Waals surface area contributed by atoms with Crippen molar-refractivity contribution < 1.29 is 0 Å². The summed E-state index contributed by atoms with van der Waals surface area (Å²) in [6.07, 6.45) is 7.73. The van der Waals surface area contributed by atoms with E-state index in [4.69, 9.17) is 12.2 Å². The molecule has 1 heterocycles. The molecule has 0 aromatic rings. The second kappa shape index (κ2) is 6.55. The lowest BCUT2D eigenvalue weighted by molar-refractivity contribution is 0.215. The predicted octanol–water partition coefficient (Wildman–Crippen LogP) is 1.88. The first-order valence-electron chi connectivity index (χ1n) is 7.07. The highest BCUT2D eigenvalue weighted by atomic mass is 32.1. The molecular weight excluding hydrogens is 230 g/mol. The minimum absolute atomic E-state index is 0.583. The summed E-state index contributed by atoms with van der Waals surface area (Å²) in [7, 11) is 0. The molecule has 0 aromatic heterocycles. The molecule has 3 nitrogen and oxygen atoms in total. The van der Waals surface area contributed by atoms with Gasteiger partial charge in [-0.1, -0.05) is 19.8 Å². The summed E-state index contributed by atoms with van der Waals surface area (Å²) in [5.74, 6) is 0. The van der Waals surface area contributed by atoms with E-state index in [0.29, 0.717) is 12.1 Å². The van der Waals surface area contributed by atoms with Gasteiger partial charge in [0.1, 0.15) is 0 Å².